The number of piperidine rings is 1. The van der Waals surface area contributed by atoms with Crippen LogP contribution in [0.5, 0.6) is 0 Å². The lowest BCUT2D eigenvalue weighted by molar-refractivity contribution is -0.139. The number of hydrogen-bond donors (Lipinski definition) is 3. The van der Waals surface area contributed by atoms with Crippen molar-refractivity contribution in [3.05, 3.63) is 0 Å². The molecule has 0 spiro atoms. The average Bonchev–Trinajstić information content (AvgIpc) is 2.34. The van der Waals surface area contributed by atoms with Crippen molar-refractivity contribution in [2.24, 2.45) is 0 Å². The van der Waals surface area contributed by atoms with E-state index in [1.807, 2.05) is 0 Å². The fraction of sp³-hybridized carbons (Fsp3) is 0.857. The average molecular weight is 283 g/mol. The maximum absolute atomic E-state index is 11.9. The van der Waals surface area contributed by atoms with Gasteiger partial charge < -0.3 is 20.6 Å². The zero-order chi connectivity index (χ0) is 14.6. The number of nitrogens with zero attached hydrogens (tertiary/aromatic N) is 1. The Morgan fingerprint density at radius 1 is 1.30 bits per heavy atom. The van der Waals surface area contributed by atoms with E-state index in [9.17, 15) is 9.59 Å². The first-order valence-corrected chi connectivity index (χ1v) is 7.49. The summed E-state index contributed by atoms with van der Waals surface area (Å²) in [6, 6.07) is 0.163. The van der Waals surface area contributed by atoms with Crippen LogP contribution in [0.1, 0.15) is 44.9 Å². The quantitative estimate of drug-likeness (QED) is 0.707. The minimum Gasteiger partial charge on any atom is -0.481 e. The van der Waals surface area contributed by atoms with Crippen LogP contribution in [0.3, 0.4) is 0 Å². The molecule has 1 unspecified atom stereocenters. The predicted molar refractivity (Wildman–Crippen MR) is 75.6 cm³/mol. The molecule has 1 aliphatic heterocycles. The molecule has 1 heterocycles. The summed E-state index contributed by atoms with van der Waals surface area (Å²) in [4.78, 5) is 25.1. The topological polar surface area (TPSA) is 81.7 Å². The lowest BCUT2D eigenvalue weighted by Gasteiger charge is -2.41. The normalized spacial score (nSPS) is 25.6. The Morgan fingerprint density at radius 2 is 2.05 bits per heavy atom. The Hall–Kier alpha value is -1.30. The van der Waals surface area contributed by atoms with Crippen molar-refractivity contribution >= 4 is 12.0 Å². The number of carboxylic acids is 1. The fourth-order valence-corrected chi connectivity index (χ4v) is 3.14. The monoisotopic (exact) mass is 283 g/mol. The lowest BCUT2D eigenvalue weighted by atomic mass is 9.74. The van der Waals surface area contributed by atoms with Crippen molar-refractivity contribution in [3.63, 3.8) is 0 Å². The molecule has 6 nitrogen and oxygen atoms in total. The molecule has 0 aromatic rings. The first-order chi connectivity index (χ1) is 9.51. The molecule has 2 fully saturated rings. The van der Waals surface area contributed by atoms with Crippen LogP contribution in [0.4, 0.5) is 4.79 Å². The molecule has 3 N–H and O–H groups in total. The molecule has 2 rings (SSSR count). The zero-order valence-electron chi connectivity index (χ0n) is 12.2. The molecule has 6 heteroatoms. The summed E-state index contributed by atoms with van der Waals surface area (Å²) in [5.74, 6) is -0.850. The summed E-state index contributed by atoms with van der Waals surface area (Å²) in [7, 11) is 2.08. The molecular weight excluding hydrogens is 258 g/mol. The molecule has 1 atom stereocenters. The smallest absolute Gasteiger partial charge is 0.315 e. The largest absolute Gasteiger partial charge is 0.481 e. The Morgan fingerprint density at radius 3 is 2.60 bits per heavy atom. The van der Waals surface area contributed by atoms with Crippen molar-refractivity contribution in [2.75, 3.05) is 20.1 Å². The Labute approximate surface area is 119 Å². The number of amides is 2. The maximum Gasteiger partial charge on any atom is 0.315 e. The number of carbonyl (C=O) groups is 2. The fourth-order valence-electron chi connectivity index (χ4n) is 3.14. The number of likely N-dealkylation sites (N-methyl/N-ethyl adjacent to an activating group) is 1. The van der Waals surface area contributed by atoms with E-state index in [2.05, 4.69) is 22.6 Å². The van der Waals surface area contributed by atoms with Crippen molar-refractivity contribution < 1.29 is 14.7 Å². The van der Waals surface area contributed by atoms with E-state index in [0.717, 1.165) is 32.2 Å². The molecular formula is C14H25N3O3. The summed E-state index contributed by atoms with van der Waals surface area (Å²) in [6.07, 6.45) is 6.06. The van der Waals surface area contributed by atoms with Gasteiger partial charge in [0.2, 0.25) is 0 Å². The van der Waals surface area contributed by atoms with E-state index in [4.69, 9.17) is 5.11 Å². The third-order valence-corrected chi connectivity index (χ3v) is 4.60. The van der Waals surface area contributed by atoms with Crippen LogP contribution in [0.25, 0.3) is 0 Å². The number of hydrogen-bond acceptors (Lipinski definition) is 3. The summed E-state index contributed by atoms with van der Waals surface area (Å²) >= 11 is 0. The van der Waals surface area contributed by atoms with E-state index in [0.29, 0.717) is 12.6 Å². The molecule has 0 radical (unpaired) electrons. The van der Waals surface area contributed by atoms with Gasteiger partial charge >= 0.3 is 12.0 Å². The zero-order valence-corrected chi connectivity index (χ0v) is 12.2. The first-order valence-electron chi connectivity index (χ1n) is 7.49. The van der Waals surface area contributed by atoms with Crippen molar-refractivity contribution in [1.82, 2.24) is 15.5 Å². The van der Waals surface area contributed by atoms with Gasteiger partial charge in [0.05, 0.1) is 12.0 Å². The van der Waals surface area contributed by atoms with Crippen LogP contribution < -0.4 is 10.6 Å². The minimum atomic E-state index is -0.850. The highest BCUT2D eigenvalue weighted by Gasteiger charge is 2.40. The highest BCUT2D eigenvalue weighted by molar-refractivity contribution is 5.77. The van der Waals surface area contributed by atoms with Crippen LogP contribution in [0, 0.1) is 0 Å². The molecule has 1 saturated heterocycles. The number of aliphatic carboxylic acids is 1. The molecule has 2 aliphatic rings. The second kappa shape index (κ2) is 6.43. The lowest BCUT2D eigenvalue weighted by Crippen LogP contribution is -2.58. The minimum absolute atomic E-state index is 0.0176. The number of nitrogens with one attached hydrogen (secondary N) is 2. The molecule has 2 amide bonds. The van der Waals surface area contributed by atoms with Crippen molar-refractivity contribution in [2.45, 2.75) is 56.5 Å². The third kappa shape index (κ3) is 3.85. The van der Waals surface area contributed by atoms with Gasteiger partial charge in [-0.2, -0.15) is 0 Å². The van der Waals surface area contributed by atoms with Crippen LogP contribution in [0.15, 0.2) is 0 Å². The highest BCUT2D eigenvalue weighted by atomic mass is 16.4. The van der Waals surface area contributed by atoms with Gasteiger partial charge in [-0.15, -0.1) is 0 Å². The molecule has 1 saturated carbocycles. The van der Waals surface area contributed by atoms with E-state index in [1.165, 1.54) is 12.8 Å². The van der Waals surface area contributed by atoms with Crippen LogP contribution in [-0.2, 0) is 4.79 Å². The van der Waals surface area contributed by atoms with E-state index >= 15 is 0 Å². The molecule has 114 valence electrons. The number of carboxylic acid groups (broad SMARTS) is 1. The van der Waals surface area contributed by atoms with Crippen molar-refractivity contribution in [1.29, 1.82) is 0 Å². The number of rotatable bonds is 5. The summed E-state index contributed by atoms with van der Waals surface area (Å²) in [5.41, 5.74) is -0.519. The summed E-state index contributed by atoms with van der Waals surface area (Å²) < 4.78 is 0. The van der Waals surface area contributed by atoms with Gasteiger partial charge in [-0.05, 0) is 45.7 Å². The Kier molecular flexibility index (Phi) is 4.86. The van der Waals surface area contributed by atoms with E-state index in [-0.39, 0.29) is 12.5 Å². The second-order valence-electron chi connectivity index (χ2n) is 6.17. The summed E-state index contributed by atoms with van der Waals surface area (Å²) in [5, 5.41) is 14.7. The molecule has 0 bridgehead atoms. The van der Waals surface area contributed by atoms with Gasteiger partial charge in [0.25, 0.3) is 0 Å². The maximum atomic E-state index is 11.9. The standard InChI is InChI=1S/C14H25N3O3/c1-17-8-3-2-5-11(17)10-15-13(20)16-14(6-4-7-14)9-12(18)19/h11H,2-10H2,1H3,(H,18,19)(H2,15,16,20). The third-order valence-electron chi connectivity index (χ3n) is 4.60. The van der Waals surface area contributed by atoms with Gasteiger partial charge in [-0.1, -0.05) is 6.42 Å². The molecule has 20 heavy (non-hydrogen) atoms. The van der Waals surface area contributed by atoms with Gasteiger partial charge in [0.15, 0.2) is 0 Å². The van der Waals surface area contributed by atoms with Gasteiger partial charge in [0, 0.05) is 12.6 Å². The number of likely N-dealkylation sites (tertiary alicyclic amines) is 1. The van der Waals surface area contributed by atoms with E-state index < -0.39 is 11.5 Å². The highest BCUT2D eigenvalue weighted by Crippen LogP contribution is 2.34. The Bertz CT molecular complexity index is 369. The van der Waals surface area contributed by atoms with Crippen LogP contribution in [-0.4, -0.2) is 53.7 Å². The van der Waals surface area contributed by atoms with E-state index in [1.54, 1.807) is 0 Å². The van der Waals surface area contributed by atoms with Crippen LogP contribution in [0.2, 0.25) is 0 Å². The van der Waals surface area contributed by atoms with Crippen LogP contribution >= 0.6 is 0 Å². The second-order valence-corrected chi connectivity index (χ2v) is 6.17. The van der Waals surface area contributed by atoms with Gasteiger partial charge in [-0.3, -0.25) is 4.79 Å². The number of urea groups is 1. The molecule has 0 aromatic heterocycles. The number of carbonyl (C=O) groups excluding carboxylic acids is 1. The molecule has 1 aliphatic carbocycles. The SMILES string of the molecule is CN1CCCCC1CNC(=O)NC1(CC(=O)O)CCC1. The predicted octanol–water partition coefficient (Wildman–Crippen LogP) is 1.17. The summed E-state index contributed by atoms with van der Waals surface area (Å²) in [6.45, 7) is 1.71. The Balaban J connectivity index is 1.75. The van der Waals surface area contributed by atoms with Gasteiger partial charge in [0.1, 0.15) is 0 Å². The first kappa shape index (κ1) is 15.1. The molecule has 0 aromatic carbocycles. The van der Waals surface area contributed by atoms with Crippen molar-refractivity contribution in [3.8, 4) is 0 Å². The van der Waals surface area contributed by atoms with Gasteiger partial charge in [-0.25, -0.2) is 4.79 Å².